The molecule has 0 aromatic heterocycles. The Morgan fingerprint density at radius 3 is 2.79 bits per heavy atom. The Morgan fingerprint density at radius 1 is 1.42 bits per heavy atom. The van der Waals surface area contributed by atoms with Crippen LogP contribution < -0.4 is 4.74 Å². The smallest absolute Gasteiger partial charge is 0.342 e. The second kappa shape index (κ2) is 4.68. The molecule has 4 nitrogen and oxygen atoms in total. The fourth-order valence-corrected chi connectivity index (χ4v) is 5.76. The summed E-state index contributed by atoms with van der Waals surface area (Å²) in [4.78, 5) is 12.3. The normalized spacial score (nSPS) is 34.6. The number of phenolic OH excluding ortho intramolecular Hbond substituents is 1. The lowest BCUT2D eigenvalue weighted by Gasteiger charge is -2.62. The lowest BCUT2D eigenvalue weighted by atomic mass is 9.45. The monoisotopic (exact) mass is 330 g/mol. The van der Waals surface area contributed by atoms with Crippen LogP contribution >= 0.6 is 0 Å². The molecule has 1 aromatic carbocycles. The third-order valence-electron chi connectivity index (χ3n) is 6.84. The van der Waals surface area contributed by atoms with Crippen molar-refractivity contribution < 1.29 is 19.4 Å². The van der Waals surface area contributed by atoms with Crippen molar-refractivity contribution in [3.05, 3.63) is 22.8 Å². The van der Waals surface area contributed by atoms with Crippen LogP contribution in [0.25, 0.3) is 0 Å². The molecule has 2 aliphatic carbocycles. The van der Waals surface area contributed by atoms with E-state index in [0.29, 0.717) is 29.6 Å². The maximum Gasteiger partial charge on any atom is 0.342 e. The molecule has 4 heteroatoms. The lowest BCUT2D eigenvalue weighted by Crippen LogP contribution is -2.59. The van der Waals surface area contributed by atoms with Crippen LogP contribution in [0.4, 0.5) is 0 Å². The number of benzene rings is 1. The highest BCUT2D eigenvalue weighted by molar-refractivity contribution is 5.95. The van der Waals surface area contributed by atoms with Gasteiger partial charge in [-0.25, -0.2) is 4.79 Å². The van der Waals surface area contributed by atoms with Crippen molar-refractivity contribution in [3.8, 4) is 11.5 Å². The largest absolute Gasteiger partial charge is 0.507 e. The summed E-state index contributed by atoms with van der Waals surface area (Å²) in [6.07, 6.45) is 2.23. The number of aromatic hydroxyl groups is 1. The van der Waals surface area contributed by atoms with Crippen LogP contribution in [0.1, 0.15) is 67.9 Å². The summed E-state index contributed by atoms with van der Waals surface area (Å²) in [6.45, 7) is 10.7. The summed E-state index contributed by atoms with van der Waals surface area (Å²) in [6, 6.07) is 1.91. The second-order valence-electron chi connectivity index (χ2n) is 8.43. The van der Waals surface area contributed by atoms with E-state index >= 15 is 0 Å². The molecule has 0 saturated heterocycles. The minimum absolute atomic E-state index is 0.0638. The molecular formula is C20H26O4. The number of aryl methyl sites for hydroxylation is 1. The fourth-order valence-electron chi connectivity index (χ4n) is 5.76. The van der Waals surface area contributed by atoms with E-state index in [4.69, 9.17) is 9.47 Å². The van der Waals surface area contributed by atoms with Gasteiger partial charge in [-0.1, -0.05) is 13.8 Å². The average molecular weight is 330 g/mol. The zero-order valence-electron chi connectivity index (χ0n) is 15.1. The van der Waals surface area contributed by atoms with Gasteiger partial charge in [-0.15, -0.1) is 0 Å². The van der Waals surface area contributed by atoms with Crippen molar-refractivity contribution in [2.45, 2.75) is 59.0 Å². The quantitative estimate of drug-likeness (QED) is 0.827. The van der Waals surface area contributed by atoms with Gasteiger partial charge in [-0.2, -0.15) is 0 Å². The summed E-state index contributed by atoms with van der Waals surface area (Å²) in [7, 11) is 0. The Hall–Kier alpha value is -1.71. The standard InChI is InChI=1S/C20H26O4/c1-6-23-18(22)13-10(2)9-12-14(17(13)21)16-15-11(19(16,3)4)7-8-20(15,5)24-12/h9,11,15-16,21H,6-8H2,1-5H3/t11-,15+,16+,20+/m1/s1. The molecule has 2 saturated carbocycles. The number of phenols is 1. The topological polar surface area (TPSA) is 55.8 Å². The van der Waals surface area contributed by atoms with E-state index in [9.17, 15) is 9.90 Å². The molecule has 1 aliphatic heterocycles. The van der Waals surface area contributed by atoms with Crippen molar-refractivity contribution in [2.75, 3.05) is 6.61 Å². The summed E-state index contributed by atoms with van der Waals surface area (Å²) in [5, 5.41) is 11.0. The van der Waals surface area contributed by atoms with Crippen LogP contribution in [-0.4, -0.2) is 23.3 Å². The number of carbonyl (C=O) groups is 1. The molecule has 4 atom stereocenters. The van der Waals surface area contributed by atoms with E-state index in [1.807, 2.05) is 13.0 Å². The lowest BCUT2D eigenvalue weighted by molar-refractivity contribution is -0.121. The van der Waals surface area contributed by atoms with Crippen molar-refractivity contribution in [1.29, 1.82) is 0 Å². The minimum atomic E-state index is -0.455. The minimum Gasteiger partial charge on any atom is -0.507 e. The number of rotatable bonds is 2. The van der Waals surface area contributed by atoms with E-state index in [-0.39, 0.29) is 22.7 Å². The van der Waals surface area contributed by atoms with Crippen LogP contribution in [0.3, 0.4) is 0 Å². The summed E-state index contributed by atoms with van der Waals surface area (Å²) in [5.74, 6) is 1.62. The molecule has 0 radical (unpaired) electrons. The van der Waals surface area contributed by atoms with E-state index in [0.717, 1.165) is 17.7 Å². The van der Waals surface area contributed by atoms with E-state index in [1.165, 1.54) is 6.42 Å². The molecule has 0 spiro atoms. The number of hydrogen-bond donors (Lipinski definition) is 1. The van der Waals surface area contributed by atoms with E-state index < -0.39 is 5.97 Å². The van der Waals surface area contributed by atoms with Gasteiger partial charge >= 0.3 is 5.97 Å². The first-order chi connectivity index (χ1) is 11.2. The number of hydrogen-bond acceptors (Lipinski definition) is 4. The number of esters is 1. The molecule has 0 amide bonds. The van der Waals surface area contributed by atoms with Gasteiger partial charge in [0.2, 0.25) is 0 Å². The molecule has 3 aliphatic rings. The molecule has 1 heterocycles. The highest BCUT2D eigenvalue weighted by Gasteiger charge is 2.69. The number of fused-ring (bicyclic) bond motifs is 2. The Balaban J connectivity index is 1.90. The van der Waals surface area contributed by atoms with Gasteiger partial charge in [0.15, 0.2) is 0 Å². The third kappa shape index (κ3) is 1.72. The van der Waals surface area contributed by atoms with Crippen LogP contribution in [0.2, 0.25) is 0 Å². The predicted molar refractivity (Wildman–Crippen MR) is 90.6 cm³/mol. The third-order valence-corrected chi connectivity index (χ3v) is 6.84. The zero-order chi connectivity index (χ0) is 17.4. The number of carbonyl (C=O) groups excluding carboxylic acids is 1. The van der Waals surface area contributed by atoms with Crippen LogP contribution in [0.5, 0.6) is 11.5 Å². The van der Waals surface area contributed by atoms with Gasteiger partial charge in [-0.05, 0) is 56.6 Å². The maximum absolute atomic E-state index is 12.3. The van der Waals surface area contributed by atoms with Crippen molar-refractivity contribution in [1.82, 2.24) is 0 Å². The summed E-state index contributed by atoms with van der Waals surface area (Å²) >= 11 is 0. The molecule has 1 N–H and O–H groups in total. The Kier molecular flexibility index (Phi) is 3.08. The highest BCUT2D eigenvalue weighted by atomic mass is 16.5. The van der Waals surface area contributed by atoms with Crippen molar-refractivity contribution in [2.24, 2.45) is 17.3 Å². The summed E-state index contributed by atoms with van der Waals surface area (Å²) in [5.41, 5.74) is 1.77. The molecule has 1 aromatic rings. The van der Waals surface area contributed by atoms with Crippen LogP contribution in [0.15, 0.2) is 6.07 Å². The molecular weight excluding hydrogens is 304 g/mol. The zero-order valence-corrected chi connectivity index (χ0v) is 15.1. The van der Waals surface area contributed by atoms with Crippen LogP contribution in [-0.2, 0) is 4.74 Å². The molecule has 2 fully saturated rings. The summed E-state index contributed by atoms with van der Waals surface area (Å²) < 4.78 is 11.5. The Bertz CT molecular complexity index is 736. The van der Waals surface area contributed by atoms with Gasteiger partial charge in [0.1, 0.15) is 22.7 Å². The van der Waals surface area contributed by atoms with Crippen molar-refractivity contribution >= 4 is 5.97 Å². The van der Waals surface area contributed by atoms with Gasteiger partial charge < -0.3 is 14.6 Å². The SMILES string of the molecule is CCOC(=O)c1c(C)cc2c(c1O)[C@H]1[C@@H]3[C@@H](CC[C@]3(C)O2)C1(C)C. The van der Waals surface area contributed by atoms with Gasteiger partial charge in [0, 0.05) is 17.4 Å². The predicted octanol–water partition coefficient (Wildman–Crippen LogP) is 4.18. The maximum atomic E-state index is 12.3. The van der Waals surface area contributed by atoms with Gasteiger partial charge in [0.05, 0.1) is 6.61 Å². The first-order valence-electron chi connectivity index (χ1n) is 8.95. The van der Waals surface area contributed by atoms with E-state index in [2.05, 4.69) is 20.8 Å². The van der Waals surface area contributed by atoms with Gasteiger partial charge in [0.25, 0.3) is 0 Å². The second-order valence-corrected chi connectivity index (χ2v) is 8.43. The molecule has 0 bridgehead atoms. The average Bonchev–Trinajstić information content (AvgIpc) is 2.81. The Morgan fingerprint density at radius 2 is 2.12 bits per heavy atom. The van der Waals surface area contributed by atoms with Crippen LogP contribution in [0, 0.1) is 24.2 Å². The molecule has 130 valence electrons. The first kappa shape index (κ1) is 15.8. The van der Waals surface area contributed by atoms with Crippen molar-refractivity contribution in [3.63, 3.8) is 0 Å². The van der Waals surface area contributed by atoms with E-state index in [1.54, 1.807) is 6.92 Å². The molecule has 4 rings (SSSR count). The first-order valence-corrected chi connectivity index (χ1v) is 8.95. The molecule has 24 heavy (non-hydrogen) atoms. The Labute approximate surface area is 143 Å². The molecule has 0 unspecified atom stereocenters. The highest BCUT2D eigenvalue weighted by Crippen LogP contribution is 2.74. The van der Waals surface area contributed by atoms with Gasteiger partial charge in [-0.3, -0.25) is 0 Å². The number of ether oxygens (including phenoxy) is 2. The fraction of sp³-hybridized carbons (Fsp3) is 0.650.